The van der Waals surface area contributed by atoms with Crippen LogP contribution in [-0.2, 0) is 24.8 Å². The molecule has 124 valence electrons. The molecule has 0 aromatic carbocycles. The van der Waals surface area contributed by atoms with Gasteiger partial charge in [0.1, 0.15) is 0 Å². The number of fused-ring (bicyclic) bond motifs is 1. The van der Waals surface area contributed by atoms with Gasteiger partial charge in [0.05, 0.1) is 11.7 Å². The van der Waals surface area contributed by atoms with E-state index in [1.807, 2.05) is 30.5 Å². The van der Waals surface area contributed by atoms with E-state index in [0.29, 0.717) is 0 Å². The standard InChI is InChI=1S/C18H26N4O/c1-12(11-16-13(2)19-20(5)14(16)3)18(23)22-10-9-21-8-6-7-17(21)15(22)4/h6-8,12,15H,9-11H2,1-5H3/t12-,15+/m1/s1. The van der Waals surface area contributed by atoms with Gasteiger partial charge in [-0.2, -0.15) is 5.10 Å². The Kier molecular flexibility index (Phi) is 4.04. The van der Waals surface area contributed by atoms with Gasteiger partial charge in [0.15, 0.2) is 0 Å². The van der Waals surface area contributed by atoms with Gasteiger partial charge in [0.25, 0.3) is 0 Å². The lowest BCUT2D eigenvalue weighted by Crippen LogP contribution is -2.43. The average Bonchev–Trinajstić information content (AvgIpc) is 3.08. The summed E-state index contributed by atoms with van der Waals surface area (Å²) in [7, 11) is 1.96. The minimum atomic E-state index is -0.0273. The fourth-order valence-electron chi connectivity index (χ4n) is 3.67. The molecule has 1 aliphatic rings. The van der Waals surface area contributed by atoms with Gasteiger partial charge in [-0.05, 0) is 44.9 Å². The Morgan fingerprint density at radius 2 is 2.13 bits per heavy atom. The van der Waals surface area contributed by atoms with E-state index in [1.54, 1.807) is 0 Å². The largest absolute Gasteiger partial charge is 0.348 e. The summed E-state index contributed by atoms with van der Waals surface area (Å²) in [4.78, 5) is 15.0. The summed E-state index contributed by atoms with van der Waals surface area (Å²) >= 11 is 0. The second-order valence-electron chi connectivity index (χ2n) is 6.71. The molecule has 5 nitrogen and oxygen atoms in total. The summed E-state index contributed by atoms with van der Waals surface area (Å²) in [6, 6.07) is 4.32. The Balaban J connectivity index is 1.75. The number of aromatic nitrogens is 3. The van der Waals surface area contributed by atoms with Gasteiger partial charge >= 0.3 is 0 Å². The Morgan fingerprint density at radius 1 is 1.39 bits per heavy atom. The maximum absolute atomic E-state index is 13.0. The van der Waals surface area contributed by atoms with E-state index < -0.39 is 0 Å². The van der Waals surface area contributed by atoms with Crippen molar-refractivity contribution in [1.29, 1.82) is 0 Å². The van der Waals surface area contributed by atoms with E-state index in [0.717, 1.165) is 30.9 Å². The van der Waals surface area contributed by atoms with Gasteiger partial charge in [-0.25, -0.2) is 0 Å². The molecule has 0 radical (unpaired) electrons. The summed E-state index contributed by atoms with van der Waals surface area (Å²) in [5.41, 5.74) is 4.62. The zero-order valence-electron chi connectivity index (χ0n) is 14.7. The second-order valence-corrected chi connectivity index (χ2v) is 6.71. The number of amides is 1. The monoisotopic (exact) mass is 314 g/mol. The highest BCUT2D eigenvalue weighted by Gasteiger charge is 2.30. The molecular formula is C18H26N4O. The highest BCUT2D eigenvalue weighted by molar-refractivity contribution is 5.79. The molecule has 3 heterocycles. The fraction of sp³-hybridized carbons (Fsp3) is 0.556. The van der Waals surface area contributed by atoms with Crippen LogP contribution >= 0.6 is 0 Å². The lowest BCUT2D eigenvalue weighted by atomic mass is 9.97. The quantitative estimate of drug-likeness (QED) is 0.874. The van der Waals surface area contributed by atoms with Crippen LogP contribution in [0.25, 0.3) is 0 Å². The van der Waals surface area contributed by atoms with Crippen LogP contribution in [0, 0.1) is 19.8 Å². The van der Waals surface area contributed by atoms with Crippen LogP contribution in [-0.4, -0.2) is 31.7 Å². The topological polar surface area (TPSA) is 43.1 Å². The van der Waals surface area contributed by atoms with Gasteiger partial charge in [0, 0.05) is 43.6 Å². The van der Waals surface area contributed by atoms with Crippen LogP contribution in [0.15, 0.2) is 18.3 Å². The molecule has 0 unspecified atom stereocenters. The highest BCUT2D eigenvalue weighted by atomic mass is 16.2. The van der Waals surface area contributed by atoms with Crippen molar-refractivity contribution in [2.24, 2.45) is 13.0 Å². The lowest BCUT2D eigenvalue weighted by molar-refractivity contribution is -0.138. The Labute approximate surface area is 137 Å². The molecule has 23 heavy (non-hydrogen) atoms. The molecule has 0 bridgehead atoms. The zero-order chi connectivity index (χ0) is 16.7. The van der Waals surface area contributed by atoms with Crippen LogP contribution in [0.3, 0.4) is 0 Å². The van der Waals surface area contributed by atoms with E-state index in [2.05, 4.69) is 41.8 Å². The van der Waals surface area contributed by atoms with E-state index in [1.165, 1.54) is 11.3 Å². The summed E-state index contributed by atoms with van der Waals surface area (Å²) in [5.74, 6) is 0.216. The van der Waals surface area contributed by atoms with Crippen molar-refractivity contribution in [3.05, 3.63) is 41.0 Å². The molecule has 1 amide bonds. The summed E-state index contributed by atoms with van der Waals surface area (Å²) < 4.78 is 4.15. The van der Waals surface area contributed by atoms with Crippen molar-refractivity contribution >= 4 is 5.91 Å². The number of carbonyl (C=O) groups is 1. The molecular weight excluding hydrogens is 288 g/mol. The molecule has 2 atom stereocenters. The molecule has 0 aliphatic carbocycles. The molecule has 0 saturated heterocycles. The number of hydrogen-bond donors (Lipinski definition) is 0. The molecule has 3 rings (SSSR count). The van der Waals surface area contributed by atoms with Gasteiger partial charge in [0.2, 0.25) is 5.91 Å². The first kappa shape index (κ1) is 15.8. The highest BCUT2D eigenvalue weighted by Crippen LogP contribution is 2.28. The third-order valence-electron chi connectivity index (χ3n) is 5.22. The predicted molar refractivity (Wildman–Crippen MR) is 90.1 cm³/mol. The van der Waals surface area contributed by atoms with Crippen molar-refractivity contribution in [1.82, 2.24) is 19.2 Å². The second kappa shape index (κ2) is 5.87. The number of aryl methyl sites for hydroxylation is 2. The van der Waals surface area contributed by atoms with Crippen LogP contribution in [0.5, 0.6) is 0 Å². The van der Waals surface area contributed by atoms with Gasteiger partial charge in [-0.15, -0.1) is 0 Å². The normalized spacial score (nSPS) is 18.8. The Morgan fingerprint density at radius 3 is 2.78 bits per heavy atom. The number of rotatable bonds is 3. The SMILES string of the molecule is Cc1nn(C)c(C)c1C[C@@H](C)C(=O)N1CCn2cccc2[C@@H]1C. The molecule has 0 fully saturated rings. The molecule has 1 aliphatic heterocycles. The van der Waals surface area contributed by atoms with E-state index >= 15 is 0 Å². The zero-order valence-corrected chi connectivity index (χ0v) is 14.7. The van der Waals surface area contributed by atoms with Crippen LogP contribution < -0.4 is 0 Å². The van der Waals surface area contributed by atoms with Crippen LogP contribution in [0.2, 0.25) is 0 Å². The molecule has 0 saturated carbocycles. The van der Waals surface area contributed by atoms with Crippen LogP contribution in [0.1, 0.15) is 42.5 Å². The van der Waals surface area contributed by atoms with Crippen molar-refractivity contribution in [3.63, 3.8) is 0 Å². The predicted octanol–water partition coefficient (Wildman–Crippen LogP) is 2.62. The van der Waals surface area contributed by atoms with Crippen LogP contribution in [0.4, 0.5) is 0 Å². The van der Waals surface area contributed by atoms with E-state index in [4.69, 9.17) is 0 Å². The summed E-state index contributed by atoms with van der Waals surface area (Å²) in [6.45, 7) is 9.93. The minimum Gasteiger partial charge on any atom is -0.348 e. The number of hydrogen-bond acceptors (Lipinski definition) is 2. The Hall–Kier alpha value is -2.04. The van der Waals surface area contributed by atoms with Crippen molar-refractivity contribution in [2.45, 2.75) is 46.7 Å². The first-order valence-corrected chi connectivity index (χ1v) is 8.34. The smallest absolute Gasteiger partial charge is 0.226 e. The number of nitrogens with zero attached hydrogens (tertiary/aromatic N) is 4. The maximum Gasteiger partial charge on any atom is 0.226 e. The summed E-state index contributed by atoms with van der Waals surface area (Å²) in [5, 5.41) is 4.46. The van der Waals surface area contributed by atoms with E-state index in [9.17, 15) is 4.79 Å². The van der Waals surface area contributed by atoms with Gasteiger partial charge in [-0.3, -0.25) is 9.48 Å². The van der Waals surface area contributed by atoms with Crippen molar-refractivity contribution in [2.75, 3.05) is 6.54 Å². The third kappa shape index (κ3) is 2.69. The first-order valence-electron chi connectivity index (χ1n) is 8.34. The maximum atomic E-state index is 13.0. The molecule has 2 aromatic rings. The Bertz CT molecular complexity index is 727. The van der Waals surface area contributed by atoms with Crippen molar-refractivity contribution < 1.29 is 4.79 Å². The molecule has 0 N–H and O–H groups in total. The van der Waals surface area contributed by atoms with Gasteiger partial charge in [-0.1, -0.05) is 6.92 Å². The number of carbonyl (C=O) groups excluding carboxylic acids is 1. The van der Waals surface area contributed by atoms with Crippen molar-refractivity contribution in [3.8, 4) is 0 Å². The molecule has 0 spiro atoms. The lowest BCUT2D eigenvalue weighted by Gasteiger charge is -2.36. The summed E-state index contributed by atoms with van der Waals surface area (Å²) in [6.07, 6.45) is 2.86. The molecule has 2 aromatic heterocycles. The molecule has 5 heteroatoms. The fourth-order valence-corrected chi connectivity index (χ4v) is 3.67. The average molecular weight is 314 g/mol. The first-order chi connectivity index (χ1) is 10.9. The minimum absolute atomic E-state index is 0.0273. The van der Waals surface area contributed by atoms with E-state index in [-0.39, 0.29) is 17.9 Å². The van der Waals surface area contributed by atoms with Gasteiger partial charge < -0.3 is 9.47 Å². The third-order valence-corrected chi connectivity index (χ3v) is 5.22.